The number of hydrogen-bond donors (Lipinski definition) is 1. The van der Waals surface area contributed by atoms with Crippen LogP contribution in [0.3, 0.4) is 0 Å². The van der Waals surface area contributed by atoms with Gasteiger partial charge in [0.1, 0.15) is 27.4 Å². The van der Waals surface area contributed by atoms with Gasteiger partial charge in [0.25, 0.3) is 5.91 Å². The number of ether oxygens (including phenoxy) is 1. The normalized spacial score (nSPS) is 11.2. The van der Waals surface area contributed by atoms with Gasteiger partial charge in [-0.2, -0.15) is 5.26 Å². The Balaban J connectivity index is 1.48. The molecule has 0 saturated heterocycles. The second-order valence-electron chi connectivity index (χ2n) is 6.91. The quantitative estimate of drug-likeness (QED) is 0.501. The van der Waals surface area contributed by atoms with Gasteiger partial charge in [-0.3, -0.25) is 4.79 Å². The number of pyridine rings is 1. The van der Waals surface area contributed by atoms with Crippen molar-refractivity contribution in [3.63, 3.8) is 0 Å². The minimum atomic E-state index is -0.620. The van der Waals surface area contributed by atoms with Crippen LogP contribution >= 0.6 is 11.3 Å². The molecule has 3 heterocycles. The molecule has 0 bridgehead atoms. The molecule has 0 spiro atoms. The highest BCUT2D eigenvalue weighted by atomic mass is 32.1. The maximum atomic E-state index is 12.7. The van der Waals surface area contributed by atoms with Crippen molar-refractivity contribution >= 4 is 28.3 Å². The van der Waals surface area contributed by atoms with Crippen molar-refractivity contribution in [2.75, 3.05) is 0 Å². The number of nitriles is 1. The minimum Gasteiger partial charge on any atom is -0.438 e. The van der Waals surface area contributed by atoms with Crippen LogP contribution in [-0.2, 0) is 12.0 Å². The van der Waals surface area contributed by atoms with E-state index < -0.39 is 5.41 Å². The van der Waals surface area contributed by atoms with Gasteiger partial charge >= 0.3 is 0 Å². The molecule has 1 N–H and O–H groups in total. The lowest BCUT2D eigenvalue weighted by atomic mass is 9.95. The summed E-state index contributed by atoms with van der Waals surface area (Å²) in [5, 5.41) is 20.3. The molecular weight excluding hydrogens is 404 g/mol. The van der Waals surface area contributed by atoms with Crippen LogP contribution in [-0.4, -0.2) is 26.2 Å². The largest absolute Gasteiger partial charge is 0.438 e. The Bertz CT molecular complexity index is 1260. The second-order valence-corrected chi connectivity index (χ2v) is 8.03. The minimum absolute atomic E-state index is 0.163. The van der Waals surface area contributed by atoms with Crippen LogP contribution in [0.1, 0.15) is 34.1 Å². The van der Waals surface area contributed by atoms with E-state index in [-0.39, 0.29) is 23.9 Å². The highest BCUT2D eigenvalue weighted by Crippen LogP contribution is 2.28. The van der Waals surface area contributed by atoms with E-state index >= 15 is 0 Å². The summed E-state index contributed by atoms with van der Waals surface area (Å²) in [6, 6.07) is 10.6. The highest BCUT2D eigenvalue weighted by Gasteiger charge is 2.23. The first-order chi connectivity index (χ1) is 14.5. The van der Waals surface area contributed by atoms with E-state index in [0.29, 0.717) is 21.8 Å². The maximum Gasteiger partial charge on any atom is 0.257 e. The van der Waals surface area contributed by atoms with E-state index in [4.69, 9.17) is 4.74 Å². The Morgan fingerprint density at radius 3 is 2.93 bits per heavy atom. The highest BCUT2D eigenvalue weighted by molar-refractivity contribution is 7.11. The SMILES string of the molecule is CC(C)(C#N)c1cnc(CNC(=O)c2cccnc2Oc2ccc3nonc3c2)s1. The van der Waals surface area contributed by atoms with Crippen LogP contribution in [0.15, 0.2) is 47.4 Å². The van der Waals surface area contributed by atoms with Gasteiger partial charge in [0.2, 0.25) is 5.88 Å². The molecule has 9 nitrogen and oxygen atoms in total. The predicted octanol–water partition coefficient (Wildman–Crippen LogP) is 3.60. The van der Waals surface area contributed by atoms with E-state index in [1.54, 1.807) is 42.7 Å². The van der Waals surface area contributed by atoms with Crippen LogP contribution in [0.25, 0.3) is 11.0 Å². The van der Waals surface area contributed by atoms with E-state index in [2.05, 4.69) is 36.3 Å². The first-order valence-electron chi connectivity index (χ1n) is 8.96. The molecule has 1 amide bonds. The molecular formula is C20H16N6O3S. The molecule has 0 aliphatic carbocycles. The monoisotopic (exact) mass is 420 g/mol. The molecule has 1 aromatic carbocycles. The number of nitrogens with one attached hydrogen (secondary N) is 1. The van der Waals surface area contributed by atoms with Gasteiger partial charge in [-0.05, 0) is 48.4 Å². The van der Waals surface area contributed by atoms with Gasteiger partial charge in [0.05, 0.1) is 18.0 Å². The lowest BCUT2D eigenvalue weighted by Gasteiger charge is -2.11. The summed E-state index contributed by atoms with van der Waals surface area (Å²) in [4.78, 5) is 22.0. The third-order valence-corrected chi connectivity index (χ3v) is 5.63. The van der Waals surface area contributed by atoms with Crippen LogP contribution in [0.2, 0.25) is 0 Å². The average Bonchev–Trinajstić information content (AvgIpc) is 3.42. The van der Waals surface area contributed by atoms with Crippen LogP contribution in [0.5, 0.6) is 11.6 Å². The van der Waals surface area contributed by atoms with Gasteiger partial charge in [-0.1, -0.05) is 0 Å². The summed E-state index contributed by atoms with van der Waals surface area (Å²) in [5.74, 6) is 0.268. The van der Waals surface area contributed by atoms with Gasteiger partial charge in [0, 0.05) is 23.3 Å². The molecule has 0 unspecified atom stereocenters. The summed E-state index contributed by atoms with van der Waals surface area (Å²) in [5.41, 5.74) is 0.799. The zero-order chi connectivity index (χ0) is 21.1. The third-order valence-electron chi connectivity index (χ3n) is 4.30. The molecule has 4 rings (SSSR count). The third kappa shape index (κ3) is 3.97. The number of fused-ring (bicyclic) bond motifs is 1. The lowest BCUT2D eigenvalue weighted by Crippen LogP contribution is -2.23. The zero-order valence-electron chi connectivity index (χ0n) is 16.1. The molecule has 150 valence electrons. The smallest absolute Gasteiger partial charge is 0.257 e. The van der Waals surface area contributed by atoms with Crippen molar-refractivity contribution in [1.82, 2.24) is 25.6 Å². The van der Waals surface area contributed by atoms with Crippen molar-refractivity contribution in [1.29, 1.82) is 5.26 Å². The van der Waals surface area contributed by atoms with Crippen molar-refractivity contribution in [3.05, 3.63) is 58.2 Å². The van der Waals surface area contributed by atoms with Gasteiger partial charge in [-0.15, -0.1) is 11.3 Å². The van der Waals surface area contributed by atoms with E-state index in [1.165, 1.54) is 11.3 Å². The Kier molecular flexibility index (Phi) is 5.12. The molecule has 0 atom stereocenters. The van der Waals surface area contributed by atoms with Gasteiger partial charge < -0.3 is 10.1 Å². The molecule has 0 aliphatic rings. The first kappa shape index (κ1) is 19.5. The number of carbonyl (C=O) groups is 1. The summed E-state index contributed by atoms with van der Waals surface area (Å²) in [6.45, 7) is 3.89. The molecule has 0 saturated carbocycles. The fourth-order valence-corrected chi connectivity index (χ4v) is 3.48. The van der Waals surface area contributed by atoms with Gasteiger partial charge in [0.15, 0.2) is 0 Å². The van der Waals surface area contributed by atoms with Crippen molar-refractivity contribution in [3.8, 4) is 17.7 Å². The van der Waals surface area contributed by atoms with E-state index in [0.717, 1.165) is 4.88 Å². The number of thiazole rings is 1. The number of aromatic nitrogens is 4. The summed E-state index contributed by atoms with van der Waals surface area (Å²) < 4.78 is 10.5. The second kappa shape index (κ2) is 7.88. The summed E-state index contributed by atoms with van der Waals surface area (Å²) in [6.07, 6.45) is 3.21. The Labute approximate surface area is 175 Å². The molecule has 3 aromatic heterocycles. The fraction of sp³-hybridized carbons (Fsp3) is 0.200. The first-order valence-corrected chi connectivity index (χ1v) is 9.78. The number of nitrogens with zero attached hydrogens (tertiary/aromatic N) is 5. The van der Waals surface area contributed by atoms with Crippen LogP contribution < -0.4 is 10.1 Å². The standard InChI is InChI=1S/C20H16N6O3S/c1-20(2,11-21)16-9-23-17(30-16)10-24-18(27)13-4-3-7-22-19(13)28-12-5-6-14-15(8-12)26-29-25-14/h3-9H,10H2,1-2H3,(H,24,27). The van der Waals surface area contributed by atoms with Crippen LogP contribution in [0.4, 0.5) is 0 Å². The molecule has 30 heavy (non-hydrogen) atoms. The van der Waals surface area contributed by atoms with Crippen molar-refractivity contribution in [2.45, 2.75) is 25.8 Å². The Hall–Kier alpha value is -3.84. The lowest BCUT2D eigenvalue weighted by molar-refractivity contribution is 0.0948. The molecule has 0 radical (unpaired) electrons. The van der Waals surface area contributed by atoms with Gasteiger partial charge in [-0.25, -0.2) is 14.6 Å². The van der Waals surface area contributed by atoms with E-state index in [1.807, 2.05) is 13.8 Å². The average molecular weight is 420 g/mol. The number of carbonyl (C=O) groups excluding carboxylic acids is 1. The summed E-state index contributed by atoms with van der Waals surface area (Å²) in [7, 11) is 0. The molecule has 10 heteroatoms. The number of rotatable bonds is 6. The number of benzene rings is 1. The van der Waals surface area contributed by atoms with E-state index in [9.17, 15) is 10.1 Å². The molecule has 4 aromatic rings. The zero-order valence-corrected chi connectivity index (χ0v) is 16.9. The van der Waals surface area contributed by atoms with Crippen molar-refractivity contribution in [2.24, 2.45) is 0 Å². The maximum absolute atomic E-state index is 12.7. The number of amides is 1. The summed E-state index contributed by atoms with van der Waals surface area (Å²) >= 11 is 1.39. The van der Waals surface area contributed by atoms with Crippen molar-refractivity contribution < 1.29 is 14.2 Å². The predicted molar refractivity (Wildman–Crippen MR) is 108 cm³/mol. The molecule has 0 aliphatic heterocycles. The fourth-order valence-electron chi connectivity index (χ4n) is 2.57. The Morgan fingerprint density at radius 2 is 2.10 bits per heavy atom. The van der Waals surface area contributed by atoms with Crippen LogP contribution in [0, 0.1) is 11.3 Å². The topological polar surface area (TPSA) is 127 Å². The number of hydrogen-bond acceptors (Lipinski definition) is 9. The molecule has 0 fully saturated rings. The Morgan fingerprint density at radius 1 is 1.27 bits per heavy atom.